The largest absolute Gasteiger partial charge is 0.466 e. The molecule has 138 valence electrons. The highest BCUT2D eigenvalue weighted by Gasteiger charge is 2.30. The Morgan fingerprint density at radius 2 is 2.23 bits per heavy atom. The number of aromatic amines is 1. The van der Waals surface area contributed by atoms with E-state index in [1.165, 1.54) is 10.5 Å². The summed E-state index contributed by atoms with van der Waals surface area (Å²) >= 11 is 0. The van der Waals surface area contributed by atoms with Gasteiger partial charge in [-0.15, -0.1) is 0 Å². The average molecular weight is 357 g/mol. The van der Waals surface area contributed by atoms with Crippen LogP contribution in [0.4, 0.5) is 11.6 Å². The normalized spacial score (nSPS) is 17.2. The molecule has 0 saturated carbocycles. The van der Waals surface area contributed by atoms with E-state index in [-0.39, 0.29) is 0 Å². The number of nitriles is 1. The number of likely N-dealkylation sites (N-methyl/N-ethyl adjacent to an activating group) is 1. The molecule has 0 radical (unpaired) electrons. The Kier molecular flexibility index (Phi) is 5.76. The zero-order valence-electron chi connectivity index (χ0n) is 15.4. The fourth-order valence-corrected chi connectivity index (χ4v) is 3.37. The Morgan fingerprint density at radius 1 is 1.38 bits per heavy atom. The third-order valence-corrected chi connectivity index (χ3v) is 4.83. The SMILES string of the molecule is CC[NH+]1CCc2c(C#N)c(NC[C@H](C)O)[nH+]c(NCc3ccco3)c2C1. The van der Waals surface area contributed by atoms with Gasteiger partial charge >= 0.3 is 0 Å². The van der Waals surface area contributed by atoms with Crippen molar-refractivity contribution < 1.29 is 19.4 Å². The summed E-state index contributed by atoms with van der Waals surface area (Å²) in [5.41, 5.74) is 2.91. The Balaban J connectivity index is 1.96. The van der Waals surface area contributed by atoms with Crippen LogP contribution in [-0.2, 0) is 19.5 Å². The number of quaternary nitrogens is 1. The highest BCUT2D eigenvalue weighted by molar-refractivity contribution is 5.60. The van der Waals surface area contributed by atoms with Crippen molar-refractivity contribution in [2.45, 2.75) is 39.5 Å². The molecule has 2 aromatic rings. The molecular weight excluding hydrogens is 330 g/mol. The second-order valence-electron chi connectivity index (χ2n) is 6.76. The number of rotatable bonds is 7. The van der Waals surface area contributed by atoms with E-state index in [1.807, 2.05) is 12.1 Å². The number of aliphatic hydroxyl groups excluding tert-OH is 1. The lowest BCUT2D eigenvalue weighted by atomic mass is 9.95. The lowest BCUT2D eigenvalue weighted by Crippen LogP contribution is -3.11. The summed E-state index contributed by atoms with van der Waals surface area (Å²) < 4.78 is 5.41. The molecule has 7 heteroatoms. The number of H-pyrrole nitrogens is 1. The van der Waals surface area contributed by atoms with Crippen LogP contribution in [0.15, 0.2) is 22.8 Å². The first-order valence-corrected chi connectivity index (χ1v) is 9.15. The molecule has 2 atom stereocenters. The van der Waals surface area contributed by atoms with Crippen LogP contribution < -0.4 is 20.5 Å². The maximum absolute atomic E-state index is 9.72. The number of anilines is 2. The third kappa shape index (κ3) is 3.98. The van der Waals surface area contributed by atoms with Crippen LogP contribution in [0.5, 0.6) is 0 Å². The summed E-state index contributed by atoms with van der Waals surface area (Å²) in [4.78, 5) is 4.84. The third-order valence-electron chi connectivity index (χ3n) is 4.83. The molecule has 0 saturated heterocycles. The molecule has 2 aromatic heterocycles. The van der Waals surface area contributed by atoms with E-state index in [0.29, 0.717) is 24.5 Å². The molecular formula is C19H27N5O2+2. The minimum atomic E-state index is -0.495. The molecule has 0 amide bonds. The second-order valence-corrected chi connectivity index (χ2v) is 6.76. The van der Waals surface area contributed by atoms with Gasteiger partial charge in [0.1, 0.15) is 30.5 Å². The van der Waals surface area contributed by atoms with Crippen molar-refractivity contribution in [2.24, 2.45) is 0 Å². The number of hydrogen-bond acceptors (Lipinski definition) is 5. The molecule has 1 unspecified atom stereocenters. The van der Waals surface area contributed by atoms with Gasteiger partial charge in [0.15, 0.2) is 0 Å². The first-order valence-electron chi connectivity index (χ1n) is 9.15. The van der Waals surface area contributed by atoms with Crippen LogP contribution in [0.2, 0.25) is 0 Å². The lowest BCUT2D eigenvalue weighted by Gasteiger charge is -2.26. The Labute approximate surface area is 153 Å². The van der Waals surface area contributed by atoms with Gasteiger partial charge in [-0.05, 0) is 31.5 Å². The van der Waals surface area contributed by atoms with Crippen molar-refractivity contribution in [3.8, 4) is 6.07 Å². The first kappa shape index (κ1) is 18.2. The van der Waals surface area contributed by atoms with Crippen LogP contribution in [0, 0.1) is 11.3 Å². The fraction of sp³-hybridized carbons (Fsp3) is 0.474. The summed E-state index contributed by atoms with van der Waals surface area (Å²) in [7, 11) is 0. The van der Waals surface area contributed by atoms with E-state index in [0.717, 1.165) is 43.2 Å². The van der Waals surface area contributed by atoms with Crippen LogP contribution in [0.1, 0.15) is 36.3 Å². The Bertz CT molecular complexity index is 780. The van der Waals surface area contributed by atoms with Gasteiger partial charge < -0.3 is 19.7 Å². The number of furan rings is 1. The predicted molar refractivity (Wildman–Crippen MR) is 97.7 cm³/mol. The van der Waals surface area contributed by atoms with Gasteiger partial charge in [-0.2, -0.15) is 5.26 Å². The number of nitrogens with one attached hydrogen (secondary N) is 4. The topological polar surface area (TPSA) is 99.8 Å². The number of aromatic nitrogens is 1. The van der Waals surface area contributed by atoms with Gasteiger partial charge in [0.25, 0.3) is 0 Å². The van der Waals surface area contributed by atoms with E-state index < -0.39 is 6.10 Å². The van der Waals surface area contributed by atoms with Crippen molar-refractivity contribution in [3.05, 3.63) is 40.8 Å². The molecule has 1 aliphatic heterocycles. The molecule has 26 heavy (non-hydrogen) atoms. The number of hydrogen-bond donors (Lipinski definition) is 4. The average Bonchev–Trinajstić information content (AvgIpc) is 3.17. The second kappa shape index (κ2) is 8.21. The fourth-order valence-electron chi connectivity index (χ4n) is 3.37. The summed E-state index contributed by atoms with van der Waals surface area (Å²) in [6.45, 7) is 7.82. The molecule has 3 rings (SSSR count). The van der Waals surface area contributed by atoms with Gasteiger partial charge in [0, 0.05) is 6.42 Å². The molecule has 3 heterocycles. The molecule has 0 aromatic carbocycles. The van der Waals surface area contributed by atoms with Crippen LogP contribution in [0.25, 0.3) is 0 Å². The number of aliphatic hydroxyl groups is 1. The number of nitrogens with zero attached hydrogens (tertiary/aromatic N) is 1. The summed E-state index contributed by atoms with van der Waals surface area (Å²) in [6.07, 6.45) is 2.04. The van der Waals surface area contributed by atoms with Crippen molar-refractivity contribution >= 4 is 11.6 Å². The predicted octanol–water partition coefficient (Wildman–Crippen LogP) is 0.331. The zero-order chi connectivity index (χ0) is 18.5. The molecule has 5 N–H and O–H groups in total. The maximum Gasteiger partial charge on any atom is 0.237 e. The highest BCUT2D eigenvalue weighted by Crippen LogP contribution is 2.26. The van der Waals surface area contributed by atoms with Crippen molar-refractivity contribution in [3.63, 3.8) is 0 Å². The van der Waals surface area contributed by atoms with Crippen LogP contribution in [-0.4, -0.2) is 30.8 Å². The summed E-state index contributed by atoms with van der Waals surface area (Å²) in [5.74, 6) is 2.42. The van der Waals surface area contributed by atoms with Gasteiger partial charge in [0.2, 0.25) is 11.6 Å². The van der Waals surface area contributed by atoms with E-state index in [4.69, 9.17) is 4.42 Å². The van der Waals surface area contributed by atoms with Crippen molar-refractivity contribution in [1.29, 1.82) is 5.26 Å². The molecule has 0 spiro atoms. The lowest BCUT2D eigenvalue weighted by molar-refractivity contribution is -0.914. The van der Waals surface area contributed by atoms with Gasteiger partial charge in [0.05, 0.1) is 37.6 Å². The zero-order valence-corrected chi connectivity index (χ0v) is 15.4. The van der Waals surface area contributed by atoms with Gasteiger partial charge in [-0.1, -0.05) is 0 Å². The van der Waals surface area contributed by atoms with Crippen LogP contribution >= 0.6 is 0 Å². The Morgan fingerprint density at radius 3 is 2.88 bits per heavy atom. The van der Waals surface area contributed by atoms with Gasteiger partial charge in [-0.3, -0.25) is 5.32 Å². The van der Waals surface area contributed by atoms with E-state index in [9.17, 15) is 10.4 Å². The molecule has 0 aliphatic carbocycles. The first-order chi connectivity index (χ1) is 12.6. The summed E-state index contributed by atoms with van der Waals surface area (Å²) in [6, 6.07) is 6.14. The standard InChI is InChI=1S/C19H25N5O2/c1-3-24-7-6-15-16(9-20)18(21-10-13(2)25)23-19(17(15)12-24)22-11-14-5-4-8-26-14/h4-5,8,13,25H,3,6-7,10-12H2,1-2H3,(H2,21,22,23)/p+2/t13-/m0/s1. The van der Waals surface area contributed by atoms with Gasteiger partial charge in [-0.25, -0.2) is 4.98 Å². The number of fused-ring (bicyclic) bond motifs is 1. The smallest absolute Gasteiger partial charge is 0.237 e. The Hall–Kier alpha value is -2.56. The molecule has 0 bridgehead atoms. The molecule has 0 fully saturated rings. The minimum absolute atomic E-state index is 0.383. The van der Waals surface area contributed by atoms with Crippen molar-refractivity contribution in [1.82, 2.24) is 0 Å². The monoisotopic (exact) mass is 357 g/mol. The summed E-state index contributed by atoms with van der Waals surface area (Å²) in [5, 5.41) is 25.9. The maximum atomic E-state index is 9.72. The molecule has 1 aliphatic rings. The number of pyridine rings is 1. The van der Waals surface area contributed by atoms with Crippen molar-refractivity contribution in [2.75, 3.05) is 30.3 Å². The van der Waals surface area contributed by atoms with E-state index >= 15 is 0 Å². The highest BCUT2D eigenvalue weighted by atomic mass is 16.3. The quantitative estimate of drug-likeness (QED) is 0.572. The molecule has 7 nitrogen and oxygen atoms in total. The van der Waals surface area contributed by atoms with E-state index in [1.54, 1.807) is 13.2 Å². The minimum Gasteiger partial charge on any atom is -0.466 e. The van der Waals surface area contributed by atoms with Crippen LogP contribution in [0.3, 0.4) is 0 Å². The van der Waals surface area contributed by atoms with E-state index in [2.05, 4.69) is 28.6 Å².